The monoisotopic (exact) mass is 262 g/mol. The third kappa shape index (κ3) is 3.04. The Morgan fingerprint density at radius 2 is 2.32 bits per heavy atom. The summed E-state index contributed by atoms with van der Waals surface area (Å²) in [7, 11) is 0. The summed E-state index contributed by atoms with van der Waals surface area (Å²) in [5.41, 5.74) is 6.67. The van der Waals surface area contributed by atoms with Crippen LogP contribution in [0.1, 0.15) is 37.2 Å². The van der Waals surface area contributed by atoms with Crippen molar-refractivity contribution in [3.8, 4) is 0 Å². The van der Waals surface area contributed by atoms with Gasteiger partial charge in [0.15, 0.2) is 0 Å². The van der Waals surface area contributed by atoms with E-state index in [9.17, 15) is 4.79 Å². The fourth-order valence-electron chi connectivity index (χ4n) is 2.55. The van der Waals surface area contributed by atoms with Crippen molar-refractivity contribution in [2.24, 2.45) is 5.73 Å². The van der Waals surface area contributed by atoms with Crippen LogP contribution in [0, 0.1) is 0 Å². The SMILES string of the molecule is CCC1CN(c2ccnc(C(N)=O)c2)C(CC)CN1. The number of nitrogens with one attached hydrogen (secondary N) is 1. The minimum absolute atomic E-state index is 0.332. The van der Waals surface area contributed by atoms with E-state index in [1.165, 1.54) is 0 Å². The van der Waals surface area contributed by atoms with E-state index < -0.39 is 5.91 Å². The molecule has 104 valence electrons. The molecule has 0 saturated carbocycles. The van der Waals surface area contributed by atoms with Gasteiger partial charge >= 0.3 is 0 Å². The number of anilines is 1. The van der Waals surface area contributed by atoms with Gasteiger partial charge in [0.25, 0.3) is 5.91 Å². The van der Waals surface area contributed by atoms with Crippen molar-refractivity contribution in [1.82, 2.24) is 10.3 Å². The van der Waals surface area contributed by atoms with Crippen molar-refractivity contribution < 1.29 is 4.79 Å². The summed E-state index contributed by atoms with van der Waals surface area (Å²) in [6, 6.07) is 4.69. The second-order valence-electron chi connectivity index (χ2n) is 4.99. The molecular formula is C14H22N4O. The predicted octanol–water partition coefficient (Wildman–Crippen LogP) is 1.15. The van der Waals surface area contributed by atoms with E-state index in [1.54, 1.807) is 12.3 Å². The van der Waals surface area contributed by atoms with Gasteiger partial charge in [0.1, 0.15) is 5.69 Å². The summed E-state index contributed by atoms with van der Waals surface area (Å²) >= 11 is 0. The number of nitrogens with zero attached hydrogens (tertiary/aromatic N) is 2. The molecule has 1 saturated heterocycles. The molecule has 1 amide bonds. The lowest BCUT2D eigenvalue weighted by atomic mass is 10.0. The van der Waals surface area contributed by atoms with Crippen LogP contribution >= 0.6 is 0 Å². The van der Waals surface area contributed by atoms with Gasteiger partial charge < -0.3 is 16.0 Å². The Morgan fingerprint density at radius 1 is 1.53 bits per heavy atom. The molecule has 1 aromatic rings. The Bertz CT molecular complexity index is 449. The van der Waals surface area contributed by atoms with Gasteiger partial charge in [-0.05, 0) is 25.0 Å². The Morgan fingerprint density at radius 3 is 2.95 bits per heavy atom. The molecule has 1 aliphatic heterocycles. The normalized spacial score (nSPS) is 23.4. The fraction of sp³-hybridized carbons (Fsp3) is 0.571. The number of hydrogen-bond acceptors (Lipinski definition) is 4. The summed E-state index contributed by atoms with van der Waals surface area (Å²) < 4.78 is 0. The van der Waals surface area contributed by atoms with Gasteiger partial charge in [-0.15, -0.1) is 0 Å². The summed E-state index contributed by atoms with van der Waals surface area (Å²) in [6.45, 7) is 6.30. The first-order chi connectivity index (χ1) is 9.15. The minimum Gasteiger partial charge on any atom is -0.366 e. The summed E-state index contributed by atoms with van der Waals surface area (Å²) in [4.78, 5) is 17.6. The maximum atomic E-state index is 11.2. The molecule has 0 bridgehead atoms. The topological polar surface area (TPSA) is 71.2 Å². The van der Waals surface area contributed by atoms with Gasteiger partial charge in [-0.25, -0.2) is 0 Å². The highest BCUT2D eigenvalue weighted by molar-refractivity contribution is 5.91. The van der Waals surface area contributed by atoms with Gasteiger partial charge in [-0.1, -0.05) is 13.8 Å². The van der Waals surface area contributed by atoms with Gasteiger partial charge in [0.05, 0.1) is 0 Å². The fourth-order valence-corrected chi connectivity index (χ4v) is 2.55. The number of pyridine rings is 1. The summed E-state index contributed by atoms with van der Waals surface area (Å²) in [6.07, 6.45) is 3.82. The van der Waals surface area contributed by atoms with Crippen LogP contribution in [0.5, 0.6) is 0 Å². The molecule has 1 aromatic heterocycles. The molecule has 0 aromatic carbocycles. The largest absolute Gasteiger partial charge is 0.366 e. The number of primary amides is 1. The van der Waals surface area contributed by atoms with E-state index in [1.807, 2.05) is 6.07 Å². The van der Waals surface area contributed by atoms with Crippen LogP contribution in [0.25, 0.3) is 0 Å². The number of carbonyl (C=O) groups excluding carboxylic acids is 1. The van der Waals surface area contributed by atoms with Crippen LogP contribution < -0.4 is 16.0 Å². The van der Waals surface area contributed by atoms with Crippen LogP contribution in [-0.4, -0.2) is 36.1 Å². The Kier molecular flexibility index (Phi) is 4.37. The van der Waals surface area contributed by atoms with Crippen molar-refractivity contribution >= 4 is 11.6 Å². The molecule has 19 heavy (non-hydrogen) atoms. The molecular weight excluding hydrogens is 240 g/mol. The zero-order valence-electron chi connectivity index (χ0n) is 11.6. The first-order valence-corrected chi connectivity index (χ1v) is 6.91. The Hall–Kier alpha value is -1.62. The Balaban J connectivity index is 2.25. The van der Waals surface area contributed by atoms with Crippen molar-refractivity contribution in [3.05, 3.63) is 24.0 Å². The van der Waals surface area contributed by atoms with E-state index >= 15 is 0 Å². The van der Waals surface area contributed by atoms with E-state index in [-0.39, 0.29) is 0 Å². The standard InChI is InChI=1S/C14H22N4O/c1-3-10-9-18(11(4-2)8-17-10)12-5-6-16-13(7-12)14(15)19/h5-7,10-11,17H,3-4,8-9H2,1-2H3,(H2,15,19). The number of amides is 1. The second kappa shape index (κ2) is 6.02. The van der Waals surface area contributed by atoms with Gasteiger partial charge in [-0.2, -0.15) is 0 Å². The summed E-state index contributed by atoms with van der Waals surface area (Å²) in [5, 5.41) is 3.56. The molecule has 0 spiro atoms. The smallest absolute Gasteiger partial charge is 0.267 e. The van der Waals surface area contributed by atoms with Crippen molar-refractivity contribution in [2.75, 3.05) is 18.0 Å². The molecule has 0 radical (unpaired) electrons. The zero-order chi connectivity index (χ0) is 13.8. The highest BCUT2D eigenvalue weighted by atomic mass is 16.1. The number of nitrogens with two attached hydrogens (primary N) is 1. The highest BCUT2D eigenvalue weighted by Gasteiger charge is 2.26. The minimum atomic E-state index is -0.475. The predicted molar refractivity (Wildman–Crippen MR) is 76.3 cm³/mol. The number of aromatic nitrogens is 1. The van der Waals surface area contributed by atoms with E-state index in [2.05, 4.69) is 29.0 Å². The molecule has 2 heterocycles. The molecule has 2 unspecified atom stereocenters. The molecule has 1 aliphatic rings. The maximum absolute atomic E-state index is 11.2. The molecule has 0 aliphatic carbocycles. The maximum Gasteiger partial charge on any atom is 0.267 e. The van der Waals surface area contributed by atoms with Crippen LogP contribution in [0.4, 0.5) is 5.69 Å². The van der Waals surface area contributed by atoms with Gasteiger partial charge in [-0.3, -0.25) is 9.78 Å². The first-order valence-electron chi connectivity index (χ1n) is 6.91. The molecule has 3 N–H and O–H groups in total. The van der Waals surface area contributed by atoms with Gasteiger partial charge in [0.2, 0.25) is 0 Å². The number of piperazine rings is 1. The van der Waals surface area contributed by atoms with Crippen molar-refractivity contribution in [3.63, 3.8) is 0 Å². The molecule has 2 rings (SSSR count). The molecule has 5 nitrogen and oxygen atoms in total. The molecule has 1 fully saturated rings. The van der Waals surface area contributed by atoms with Crippen LogP contribution in [0.3, 0.4) is 0 Å². The lowest BCUT2D eigenvalue weighted by Gasteiger charge is -2.41. The van der Waals surface area contributed by atoms with Crippen LogP contribution in [-0.2, 0) is 0 Å². The number of rotatable bonds is 4. The lowest BCUT2D eigenvalue weighted by molar-refractivity contribution is 0.0995. The van der Waals surface area contributed by atoms with E-state index in [0.717, 1.165) is 31.6 Å². The van der Waals surface area contributed by atoms with E-state index in [4.69, 9.17) is 5.73 Å². The number of carbonyl (C=O) groups is 1. The summed E-state index contributed by atoms with van der Waals surface area (Å²) in [5.74, 6) is -0.475. The second-order valence-corrected chi connectivity index (χ2v) is 4.99. The van der Waals surface area contributed by atoms with Gasteiger partial charge in [0, 0.05) is 37.1 Å². The van der Waals surface area contributed by atoms with Crippen molar-refractivity contribution in [2.45, 2.75) is 38.8 Å². The quantitative estimate of drug-likeness (QED) is 0.854. The third-order valence-electron chi connectivity index (χ3n) is 3.79. The Labute approximate surface area is 114 Å². The number of hydrogen-bond donors (Lipinski definition) is 2. The van der Waals surface area contributed by atoms with E-state index in [0.29, 0.717) is 17.8 Å². The first kappa shape index (κ1) is 13.8. The van der Waals surface area contributed by atoms with Crippen LogP contribution in [0.2, 0.25) is 0 Å². The molecule has 2 atom stereocenters. The van der Waals surface area contributed by atoms with Crippen LogP contribution in [0.15, 0.2) is 18.3 Å². The third-order valence-corrected chi connectivity index (χ3v) is 3.79. The zero-order valence-corrected chi connectivity index (χ0v) is 11.6. The average Bonchev–Trinajstić information content (AvgIpc) is 2.46. The highest BCUT2D eigenvalue weighted by Crippen LogP contribution is 2.22. The molecule has 5 heteroatoms. The lowest BCUT2D eigenvalue weighted by Crippen LogP contribution is -2.56. The average molecular weight is 262 g/mol. The van der Waals surface area contributed by atoms with Crippen molar-refractivity contribution in [1.29, 1.82) is 0 Å².